The van der Waals surface area contributed by atoms with Gasteiger partial charge in [-0.05, 0) is 74.2 Å². The van der Waals surface area contributed by atoms with Crippen molar-refractivity contribution < 1.29 is 9.53 Å². The standard InChI is InChI=1S/C23H34O2.2C2H6.C2H2/c1-5-15(2)25-21-9-8-19-18-7-6-16-14-17(24)10-12-22(16,3)20(18)11-13-23(19,21)4;3*1-2/h14,18-21H,2,5-13H2,1,3-4H3;2*1-2H3;1-2H. The van der Waals surface area contributed by atoms with E-state index in [1.165, 1.54) is 37.7 Å². The highest BCUT2D eigenvalue weighted by atomic mass is 16.5. The zero-order valence-corrected chi connectivity index (χ0v) is 21.4. The van der Waals surface area contributed by atoms with Crippen molar-refractivity contribution in [1.82, 2.24) is 0 Å². The molecule has 0 saturated heterocycles. The molecule has 3 saturated carbocycles. The molecule has 4 rings (SSSR count). The van der Waals surface area contributed by atoms with Gasteiger partial charge in [-0.1, -0.05) is 60.6 Å². The van der Waals surface area contributed by atoms with E-state index in [2.05, 4.69) is 40.2 Å². The third-order valence-corrected chi connectivity index (χ3v) is 8.58. The first-order chi connectivity index (χ1) is 14.9. The molecule has 0 amide bonds. The third-order valence-electron chi connectivity index (χ3n) is 8.58. The van der Waals surface area contributed by atoms with E-state index < -0.39 is 0 Å². The van der Waals surface area contributed by atoms with Crippen LogP contribution in [0, 0.1) is 41.4 Å². The Kier molecular flexibility index (Phi) is 10.6. The van der Waals surface area contributed by atoms with Crippen molar-refractivity contribution in [3.8, 4) is 12.8 Å². The summed E-state index contributed by atoms with van der Waals surface area (Å²) >= 11 is 0. The molecule has 6 unspecified atom stereocenters. The van der Waals surface area contributed by atoms with Crippen LogP contribution in [0.25, 0.3) is 0 Å². The molecule has 0 aromatic heterocycles. The summed E-state index contributed by atoms with van der Waals surface area (Å²) in [4.78, 5) is 11.9. The molecule has 0 bridgehead atoms. The number of hydrogen-bond donors (Lipinski definition) is 0. The van der Waals surface area contributed by atoms with Crippen LogP contribution in [-0.4, -0.2) is 11.9 Å². The maximum absolute atomic E-state index is 11.9. The minimum Gasteiger partial charge on any atom is -0.495 e. The van der Waals surface area contributed by atoms with Crippen molar-refractivity contribution in [2.45, 2.75) is 112 Å². The van der Waals surface area contributed by atoms with Gasteiger partial charge in [0.15, 0.2) is 5.78 Å². The van der Waals surface area contributed by atoms with Crippen LogP contribution in [0.15, 0.2) is 24.0 Å². The predicted octanol–water partition coefficient (Wildman–Crippen LogP) is 8.13. The second-order valence-corrected chi connectivity index (χ2v) is 9.59. The highest BCUT2D eigenvalue weighted by Gasteiger charge is 2.59. The lowest BCUT2D eigenvalue weighted by atomic mass is 9.47. The monoisotopic (exact) mass is 428 g/mol. The Labute approximate surface area is 193 Å². The van der Waals surface area contributed by atoms with Crippen LogP contribution in [0.1, 0.15) is 106 Å². The molecule has 31 heavy (non-hydrogen) atoms. The summed E-state index contributed by atoms with van der Waals surface area (Å²) in [7, 11) is 0. The molecular formula is C29H48O2. The van der Waals surface area contributed by atoms with E-state index in [1.807, 2.05) is 33.8 Å². The van der Waals surface area contributed by atoms with Gasteiger partial charge in [-0.2, -0.15) is 0 Å². The van der Waals surface area contributed by atoms with E-state index in [0.717, 1.165) is 49.2 Å². The fourth-order valence-corrected chi connectivity index (χ4v) is 6.99. The molecule has 4 aliphatic rings. The molecule has 0 spiro atoms. The molecule has 0 N–H and O–H groups in total. The lowest BCUT2D eigenvalue weighted by molar-refractivity contribution is -0.118. The van der Waals surface area contributed by atoms with Gasteiger partial charge in [0.05, 0.1) is 5.76 Å². The van der Waals surface area contributed by atoms with E-state index in [9.17, 15) is 4.79 Å². The van der Waals surface area contributed by atoms with Gasteiger partial charge in [0.2, 0.25) is 0 Å². The Morgan fingerprint density at radius 1 is 1.03 bits per heavy atom. The van der Waals surface area contributed by atoms with E-state index in [1.54, 1.807) is 0 Å². The van der Waals surface area contributed by atoms with Crippen molar-refractivity contribution >= 4 is 5.78 Å². The summed E-state index contributed by atoms with van der Waals surface area (Å²) in [6.45, 7) is 19.2. The first kappa shape index (κ1) is 27.5. The van der Waals surface area contributed by atoms with Gasteiger partial charge in [-0.3, -0.25) is 4.79 Å². The predicted molar refractivity (Wildman–Crippen MR) is 134 cm³/mol. The average Bonchev–Trinajstić information content (AvgIpc) is 3.14. The van der Waals surface area contributed by atoms with Crippen molar-refractivity contribution in [3.63, 3.8) is 0 Å². The van der Waals surface area contributed by atoms with Crippen LogP contribution in [-0.2, 0) is 9.53 Å². The van der Waals surface area contributed by atoms with Crippen molar-refractivity contribution in [1.29, 1.82) is 0 Å². The number of carbonyl (C=O) groups is 1. The molecule has 3 fully saturated rings. The van der Waals surface area contributed by atoms with E-state index >= 15 is 0 Å². The first-order valence-corrected chi connectivity index (χ1v) is 12.8. The highest BCUT2D eigenvalue weighted by Crippen LogP contribution is 2.65. The summed E-state index contributed by atoms with van der Waals surface area (Å²) < 4.78 is 6.31. The molecular weight excluding hydrogens is 380 g/mol. The van der Waals surface area contributed by atoms with Crippen molar-refractivity contribution in [2.75, 3.05) is 0 Å². The van der Waals surface area contributed by atoms with Gasteiger partial charge < -0.3 is 4.74 Å². The fourth-order valence-electron chi connectivity index (χ4n) is 6.99. The Balaban J connectivity index is 0.000000739. The van der Waals surface area contributed by atoms with Crippen LogP contribution in [0.2, 0.25) is 0 Å². The summed E-state index contributed by atoms with van der Waals surface area (Å²) in [6.07, 6.45) is 20.6. The number of ketones is 1. The molecule has 0 heterocycles. The zero-order chi connectivity index (χ0) is 23.8. The number of ether oxygens (including phenoxy) is 1. The zero-order valence-electron chi connectivity index (χ0n) is 21.4. The van der Waals surface area contributed by atoms with Crippen molar-refractivity contribution in [3.05, 3.63) is 24.0 Å². The molecule has 0 aromatic rings. The maximum atomic E-state index is 11.9. The van der Waals surface area contributed by atoms with Crippen LogP contribution in [0.4, 0.5) is 0 Å². The van der Waals surface area contributed by atoms with Crippen LogP contribution in [0.3, 0.4) is 0 Å². The lowest BCUT2D eigenvalue weighted by Crippen LogP contribution is -2.51. The fraction of sp³-hybridized carbons (Fsp3) is 0.759. The quantitative estimate of drug-likeness (QED) is 0.335. The van der Waals surface area contributed by atoms with E-state index in [4.69, 9.17) is 4.74 Å². The normalized spacial score (nSPS) is 37.5. The molecule has 0 aliphatic heterocycles. The third kappa shape index (κ3) is 5.13. The largest absolute Gasteiger partial charge is 0.495 e. The molecule has 0 aromatic carbocycles. The number of hydrogen-bond acceptors (Lipinski definition) is 2. The maximum Gasteiger partial charge on any atom is 0.155 e. The molecule has 0 radical (unpaired) electrons. The Bertz CT molecular complexity index is 657. The topological polar surface area (TPSA) is 26.3 Å². The van der Waals surface area contributed by atoms with Crippen molar-refractivity contribution in [2.24, 2.45) is 28.6 Å². The summed E-state index contributed by atoms with van der Waals surface area (Å²) in [6, 6.07) is 0. The minimum atomic E-state index is 0.282. The number of rotatable bonds is 3. The van der Waals surface area contributed by atoms with Gasteiger partial charge in [-0.25, -0.2) is 0 Å². The highest BCUT2D eigenvalue weighted by molar-refractivity contribution is 5.91. The summed E-state index contributed by atoms with van der Waals surface area (Å²) in [5.74, 6) is 3.70. The Morgan fingerprint density at radius 3 is 2.29 bits per heavy atom. The minimum absolute atomic E-state index is 0.282. The van der Waals surface area contributed by atoms with Crippen LogP contribution < -0.4 is 0 Å². The van der Waals surface area contributed by atoms with Gasteiger partial charge in [0.1, 0.15) is 6.10 Å². The Hall–Kier alpha value is -1.49. The number of fused-ring (bicyclic) bond motifs is 5. The van der Waals surface area contributed by atoms with Gasteiger partial charge in [0.25, 0.3) is 0 Å². The summed E-state index contributed by atoms with van der Waals surface area (Å²) in [5, 5.41) is 0. The number of terminal acetylenes is 1. The second-order valence-electron chi connectivity index (χ2n) is 9.59. The average molecular weight is 429 g/mol. The lowest BCUT2D eigenvalue weighted by Gasteiger charge is -2.57. The molecule has 6 atom stereocenters. The van der Waals surface area contributed by atoms with Gasteiger partial charge >= 0.3 is 0 Å². The number of carbonyl (C=O) groups excluding carboxylic acids is 1. The molecule has 176 valence electrons. The molecule has 2 heteroatoms. The van der Waals surface area contributed by atoms with E-state index in [-0.39, 0.29) is 5.41 Å². The van der Waals surface area contributed by atoms with Crippen LogP contribution in [0.5, 0.6) is 0 Å². The SMILES string of the molecule is C#C.C=C(CC)OC1CCC2C3CCC4=CC(=O)CCC4(C)C3CCC12C.CC.CC. The molecule has 4 aliphatic carbocycles. The van der Waals surface area contributed by atoms with Gasteiger partial charge in [-0.15, -0.1) is 12.8 Å². The smallest absolute Gasteiger partial charge is 0.155 e. The second kappa shape index (κ2) is 11.9. The molecule has 2 nitrogen and oxygen atoms in total. The number of allylic oxidation sites excluding steroid dienone is 2. The first-order valence-electron chi connectivity index (χ1n) is 12.8. The Morgan fingerprint density at radius 2 is 1.68 bits per heavy atom. The van der Waals surface area contributed by atoms with E-state index in [0.29, 0.717) is 17.3 Å². The van der Waals surface area contributed by atoms with Gasteiger partial charge in [0, 0.05) is 18.3 Å². The van der Waals surface area contributed by atoms with Crippen LogP contribution >= 0.6 is 0 Å². The summed E-state index contributed by atoms with van der Waals surface area (Å²) in [5.41, 5.74) is 2.07.